The number of nitrogens with zero attached hydrogens (tertiary/aromatic N) is 3. The molecule has 26 heavy (non-hydrogen) atoms. The van der Waals surface area contributed by atoms with Crippen molar-refractivity contribution in [2.24, 2.45) is 0 Å². The first-order valence-electron chi connectivity index (χ1n) is 8.11. The van der Waals surface area contributed by atoms with E-state index in [1.807, 2.05) is 0 Å². The van der Waals surface area contributed by atoms with Gasteiger partial charge in [-0.3, -0.25) is 4.79 Å². The summed E-state index contributed by atoms with van der Waals surface area (Å²) in [4.78, 5) is 18.7. The second kappa shape index (κ2) is 8.25. The summed E-state index contributed by atoms with van der Waals surface area (Å²) in [6.07, 6.45) is 0. The molecule has 8 heteroatoms. The van der Waals surface area contributed by atoms with Crippen LogP contribution in [0.5, 0.6) is 11.5 Å². The third-order valence-electron chi connectivity index (χ3n) is 4.10. The van der Waals surface area contributed by atoms with Gasteiger partial charge in [-0.05, 0) is 12.1 Å². The lowest BCUT2D eigenvalue weighted by molar-refractivity contribution is -0.132. The highest BCUT2D eigenvalue weighted by Crippen LogP contribution is 2.33. The summed E-state index contributed by atoms with van der Waals surface area (Å²) in [7, 11) is 3.12. The number of hydrogen-bond acceptors (Lipinski definition) is 7. The molecule has 7 nitrogen and oxygen atoms in total. The van der Waals surface area contributed by atoms with Gasteiger partial charge in [0.2, 0.25) is 5.91 Å². The number of amides is 1. The number of hydrogen-bond donors (Lipinski definition) is 0. The van der Waals surface area contributed by atoms with E-state index in [1.165, 1.54) is 11.8 Å². The SMILES string of the molecule is COc1cc2cc(C#N)c(SCC(=O)N3CCOCC3)nc2cc1OC. The molecular formula is C18H19N3O4S. The summed E-state index contributed by atoms with van der Waals surface area (Å²) < 4.78 is 15.9. The van der Waals surface area contributed by atoms with Crippen molar-refractivity contribution in [1.29, 1.82) is 5.26 Å². The molecule has 1 saturated heterocycles. The fourth-order valence-corrected chi connectivity index (χ4v) is 3.57. The maximum Gasteiger partial charge on any atom is 0.233 e. The molecule has 0 aliphatic carbocycles. The highest BCUT2D eigenvalue weighted by molar-refractivity contribution is 8.00. The van der Waals surface area contributed by atoms with Crippen LogP contribution in [-0.4, -0.2) is 62.1 Å². The summed E-state index contributed by atoms with van der Waals surface area (Å²) in [6.45, 7) is 2.34. The zero-order chi connectivity index (χ0) is 18.5. The van der Waals surface area contributed by atoms with Crippen molar-refractivity contribution in [3.8, 4) is 17.6 Å². The largest absolute Gasteiger partial charge is 0.493 e. The standard InChI is InChI=1S/C18H19N3O4S/c1-23-15-8-12-7-13(10-19)18(20-14(12)9-16(15)24-2)26-11-17(22)21-3-5-25-6-4-21/h7-9H,3-6,11H2,1-2H3. The first-order valence-corrected chi connectivity index (χ1v) is 9.10. The molecule has 0 saturated carbocycles. The molecule has 0 N–H and O–H groups in total. The zero-order valence-electron chi connectivity index (χ0n) is 14.7. The van der Waals surface area contributed by atoms with Crippen molar-refractivity contribution in [3.63, 3.8) is 0 Å². The summed E-state index contributed by atoms with van der Waals surface area (Å²) in [5.74, 6) is 1.41. The van der Waals surface area contributed by atoms with Crippen molar-refractivity contribution in [1.82, 2.24) is 9.88 Å². The molecule has 3 rings (SSSR count). The van der Waals surface area contributed by atoms with E-state index in [0.29, 0.717) is 53.9 Å². The number of carbonyl (C=O) groups excluding carboxylic acids is 1. The maximum absolute atomic E-state index is 12.3. The molecule has 0 bridgehead atoms. The van der Waals surface area contributed by atoms with Crippen molar-refractivity contribution in [2.45, 2.75) is 5.03 Å². The minimum atomic E-state index is 0.0244. The first-order chi connectivity index (χ1) is 12.7. The number of thioether (sulfide) groups is 1. The Morgan fingerprint density at radius 3 is 2.62 bits per heavy atom. The molecule has 1 fully saturated rings. The van der Waals surface area contributed by atoms with Crippen molar-refractivity contribution in [3.05, 3.63) is 23.8 Å². The predicted octanol–water partition coefficient (Wildman–Crippen LogP) is 2.07. The van der Waals surface area contributed by atoms with Gasteiger partial charge in [0, 0.05) is 24.5 Å². The van der Waals surface area contributed by atoms with Crippen molar-refractivity contribution in [2.75, 3.05) is 46.3 Å². The van der Waals surface area contributed by atoms with Crippen molar-refractivity contribution >= 4 is 28.6 Å². The van der Waals surface area contributed by atoms with Gasteiger partial charge in [-0.2, -0.15) is 5.26 Å². The summed E-state index contributed by atoms with van der Waals surface area (Å²) in [6, 6.07) is 7.47. The minimum Gasteiger partial charge on any atom is -0.493 e. The molecule has 1 aliphatic rings. The van der Waals surface area contributed by atoms with Gasteiger partial charge >= 0.3 is 0 Å². The smallest absolute Gasteiger partial charge is 0.233 e. The fraction of sp³-hybridized carbons (Fsp3) is 0.389. The Labute approximate surface area is 155 Å². The maximum atomic E-state index is 12.3. The van der Waals surface area contributed by atoms with Crippen LogP contribution in [0, 0.1) is 11.3 Å². The normalized spacial score (nSPS) is 14.1. The molecule has 136 valence electrons. The van der Waals surface area contributed by atoms with Crippen LogP contribution in [0.1, 0.15) is 5.56 Å². The quantitative estimate of drug-likeness (QED) is 0.742. The number of carbonyl (C=O) groups is 1. The molecule has 1 aliphatic heterocycles. The first kappa shape index (κ1) is 18.3. The molecule has 0 atom stereocenters. The van der Waals surface area contributed by atoms with E-state index in [1.54, 1.807) is 37.3 Å². The highest BCUT2D eigenvalue weighted by atomic mass is 32.2. The van der Waals surface area contributed by atoms with Gasteiger partial charge in [-0.15, -0.1) is 0 Å². The van der Waals surface area contributed by atoms with E-state index in [4.69, 9.17) is 14.2 Å². The Bertz CT molecular complexity index is 860. The van der Waals surface area contributed by atoms with E-state index in [0.717, 1.165) is 5.39 Å². The topological polar surface area (TPSA) is 84.7 Å². The number of morpholine rings is 1. The van der Waals surface area contributed by atoms with Gasteiger partial charge in [0.25, 0.3) is 0 Å². The van der Waals surface area contributed by atoms with Crippen LogP contribution in [0.15, 0.2) is 23.2 Å². The summed E-state index contributed by atoms with van der Waals surface area (Å²) >= 11 is 1.27. The number of rotatable bonds is 5. The monoisotopic (exact) mass is 373 g/mol. The predicted molar refractivity (Wildman–Crippen MR) is 97.7 cm³/mol. The van der Waals surface area contributed by atoms with Gasteiger partial charge in [-0.25, -0.2) is 4.98 Å². The fourth-order valence-electron chi connectivity index (χ4n) is 2.71. The van der Waals surface area contributed by atoms with Crippen molar-refractivity contribution < 1.29 is 19.0 Å². The number of fused-ring (bicyclic) bond motifs is 1. The number of benzene rings is 1. The van der Waals surface area contributed by atoms with Gasteiger partial charge in [0.1, 0.15) is 11.1 Å². The summed E-state index contributed by atoms with van der Waals surface area (Å²) in [5, 5.41) is 10.8. The third-order valence-corrected chi connectivity index (χ3v) is 5.08. The third kappa shape index (κ3) is 3.84. The number of pyridine rings is 1. The lowest BCUT2D eigenvalue weighted by Gasteiger charge is -2.26. The lowest BCUT2D eigenvalue weighted by atomic mass is 10.1. The number of aromatic nitrogens is 1. The Kier molecular flexibility index (Phi) is 5.81. The van der Waals surface area contributed by atoms with E-state index < -0.39 is 0 Å². The molecule has 1 aromatic heterocycles. The molecular weight excluding hydrogens is 354 g/mol. The second-order valence-corrected chi connectivity index (χ2v) is 6.60. The van der Waals surface area contributed by atoms with Crippen LogP contribution in [-0.2, 0) is 9.53 Å². The van der Waals surface area contributed by atoms with Crippen LogP contribution in [0.2, 0.25) is 0 Å². The van der Waals surface area contributed by atoms with Gasteiger partial charge in [0.05, 0.1) is 44.3 Å². The molecule has 2 heterocycles. The zero-order valence-corrected chi connectivity index (χ0v) is 15.5. The van der Waals surface area contributed by atoms with E-state index in [2.05, 4.69) is 11.1 Å². The Hall–Kier alpha value is -2.50. The highest BCUT2D eigenvalue weighted by Gasteiger charge is 2.18. The van der Waals surface area contributed by atoms with Crippen LogP contribution >= 0.6 is 11.8 Å². The van der Waals surface area contributed by atoms with E-state index in [-0.39, 0.29) is 11.7 Å². The second-order valence-electron chi connectivity index (χ2n) is 5.63. The number of methoxy groups -OCH3 is 2. The van der Waals surface area contributed by atoms with Crippen LogP contribution in [0.3, 0.4) is 0 Å². The molecule has 0 unspecified atom stereocenters. The van der Waals surface area contributed by atoms with Gasteiger partial charge in [-0.1, -0.05) is 11.8 Å². The number of nitriles is 1. The Morgan fingerprint density at radius 1 is 1.27 bits per heavy atom. The Balaban J connectivity index is 1.85. The van der Waals surface area contributed by atoms with E-state index >= 15 is 0 Å². The molecule has 1 aromatic carbocycles. The lowest BCUT2D eigenvalue weighted by Crippen LogP contribution is -2.41. The van der Waals surface area contributed by atoms with Crippen LogP contribution < -0.4 is 9.47 Å². The number of ether oxygens (including phenoxy) is 3. The Morgan fingerprint density at radius 2 is 1.96 bits per heavy atom. The van der Waals surface area contributed by atoms with Crippen LogP contribution in [0.4, 0.5) is 0 Å². The van der Waals surface area contributed by atoms with Crippen LogP contribution in [0.25, 0.3) is 10.9 Å². The average molecular weight is 373 g/mol. The van der Waals surface area contributed by atoms with E-state index in [9.17, 15) is 10.1 Å². The molecule has 1 amide bonds. The average Bonchev–Trinajstić information content (AvgIpc) is 2.70. The molecule has 0 spiro atoms. The molecule has 2 aromatic rings. The minimum absolute atomic E-state index is 0.0244. The molecule has 0 radical (unpaired) electrons. The van der Waals surface area contributed by atoms with Gasteiger partial charge in [0.15, 0.2) is 11.5 Å². The summed E-state index contributed by atoms with van der Waals surface area (Å²) in [5.41, 5.74) is 1.12. The van der Waals surface area contributed by atoms with Gasteiger partial charge < -0.3 is 19.1 Å².